The van der Waals surface area contributed by atoms with E-state index in [2.05, 4.69) is 20.6 Å². The molecule has 1 aliphatic heterocycles. The number of nitrogens with one attached hydrogen (secondary N) is 2. The van der Waals surface area contributed by atoms with Crippen molar-refractivity contribution in [2.24, 2.45) is 0 Å². The van der Waals surface area contributed by atoms with Gasteiger partial charge in [-0.15, -0.1) is 5.10 Å². The minimum atomic E-state index is -1.91. The highest BCUT2D eigenvalue weighted by Crippen LogP contribution is 2.31. The van der Waals surface area contributed by atoms with Gasteiger partial charge in [-0.2, -0.15) is 0 Å². The molecule has 0 spiro atoms. The van der Waals surface area contributed by atoms with Gasteiger partial charge in [0.05, 0.1) is 36.3 Å². The molecule has 216 valence electrons. The number of methoxy groups -OCH3 is 1. The summed E-state index contributed by atoms with van der Waals surface area (Å²) in [7, 11) is 1.61. The fourth-order valence-electron chi connectivity index (χ4n) is 4.69. The lowest BCUT2D eigenvalue weighted by molar-refractivity contribution is 0.159. The number of urea groups is 1. The number of aromatic nitrogens is 2. The van der Waals surface area contributed by atoms with E-state index < -0.39 is 28.7 Å². The minimum Gasteiger partial charge on any atom is -0.476 e. The monoisotopic (exact) mass is 577 g/mol. The zero-order chi connectivity index (χ0) is 28.6. The van der Waals surface area contributed by atoms with E-state index in [0.717, 1.165) is 6.07 Å². The molecule has 13 heteroatoms. The summed E-state index contributed by atoms with van der Waals surface area (Å²) in [5, 5.41) is 10.4. The van der Waals surface area contributed by atoms with E-state index in [1.54, 1.807) is 24.8 Å². The number of carbonyl (C=O) groups excluding carboxylic acids is 1. The van der Waals surface area contributed by atoms with E-state index in [1.807, 2.05) is 30.3 Å². The molecule has 1 aliphatic rings. The highest BCUT2D eigenvalue weighted by Gasteiger charge is 2.35. The summed E-state index contributed by atoms with van der Waals surface area (Å²) >= 11 is -1.91. The summed E-state index contributed by atoms with van der Waals surface area (Å²) in [4.78, 5) is 15.4. The topological polar surface area (TPSA) is 118 Å². The predicted octanol–water partition coefficient (Wildman–Crippen LogP) is 3.69. The molecular formula is C27H33F2N5O5S. The summed E-state index contributed by atoms with van der Waals surface area (Å²) in [5.41, 5.74) is 1.86. The smallest absolute Gasteiger partial charge is 0.320 e. The second kappa shape index (κ2) is 13.8. The van der Waals surface area contributed by atoms with Crippen LogP contribution in [0.3, 0.4) is 0 Å². The lowest BCUT2D eigenvalue weighted by atomic mass is 9.94. The Morgan fingerprint density at radius 2 is 1.93 bits per heavy atom. The molecule has 2 aromatic carbocycles. The van der Waals surface area contributed by atoms with Crippen molar-refractivity contribution in [3.63, 3.8) is 0 Å². The molecule has 3 N–H and O–H groups in total. The van der Waals surface area contributed by atoms with Gasteiger partial charge in [0.1, 0.15) is 5.82 Å². The SMILES string of the molecule is COCCN1C[C@@H](NC(=O)Nc2c(C)c(OCCCS(=O)O)nn2-c2ccccc2)[C@H](c2ccc(F)c(F)c2)C1. The summed E-state index contributed by atoms with van der Waals surface area (Å²) in [5.74, 6) is -1.37. The molecule has 0 radical (unpaired) electrons. The van der Waals surface area contributed by atoms with Gasteiger partial charge >= 0.3 is 6.03 Å². The van der Waals surface area contributed by atoms with E-state index in [-0.39, 0.29) is 30.2 Å². The fraction of sp³-hybridized carbons (Fsp3) is 0.407. The molecule has 4 rings (SSSR count). The van der Waals surface area contributed by atoms with Crippen LogP contribution in [0.1, 0.15) is 23.5 Å². The first-order valence-corrected chi connectivity index (χ1v) is 14.1. The van der Waals surface area contributed by atoms with Gasteiger partial charge in [-0.3, -0.25) is 10.2 Å². The number of anilines is 1. The van der Waals surface area contributed by atoms with Gasteiger partial charge in [0, 0.05) is 32.7 Å². The Kier molecular flexibility index (Phi) is 10.2. The first-order chi connectivity index (χ1) is 19.3. The van der Waals surface area contributed by atoms with E-state index >= 15 is 0 Å². The number of ether oxygens (including phenoxy) is 2. The van der Waals surface area contributed by atoms with Crippen molar-refractivity contribution >= 4 is 22.9 Å². The standard InChI is InChI=1S/C27H33F2N5O5S/c1-18-25(34(20-7-4-3-5-8-20)32-26(18)39-12-6-14-40(36)37)31-27(35)30-24-17-33(11-13-38-2)16-21(24)19-9-10-22(28)23(29)15-19/h3-5,7-10,15,21,24H,6,11-14,16-17H2,1-2H3,(H,36,37)(H2,30,31,35)/t21-,24+/m0/s1. The van der Waals surface area contributed by atoms with Gasteiger partial charge in [-0.1, -0.05) is 24.3 Å². The van der Waals surface area contributed by atoms with Gasteiger partial charge in [0.15, 0.2) is 22.7 Å². The number of rotatable bonds is 12. The van der Waals surface area contributed by atoms with Crippen LogP contribution in [0.4, 0.5) is 19.4 Å². The van der Waals surface area contributed by atoms with E-state index in [4.69, 9.17) is 14.0 Å². The first kappa shape index (κ1) is 29.6. The molecule has 0 bridgehead atoms. The minimum absolute atomic E-state index is 0.0772. The predicted molar refractivity (Wildman–Crippen MR) is 147 cm³/mol. The maximum absolute atomic E-state index is 14.1. The molecule has 10 nitrogen and oxygen atoms in total. The number of benzene rings is 2. The zero-order valence-electron chi connectivity index (χ0n) is 22.3. The number of halogens is 2. The number of nitrogens with zero attached hydrogens (tertiary/aromatic N) is 3. The van der Waals surface area contributed by atoms with Crippen LogP contribution < -0.4 is 15.4 Å². The van der Waals surface area contributed by atoms with Crippen LogP contribution in [0.2, 0.25) is 0 Å². The van der Waals surface area contributed by atoms with Crippen molar-refractivity contribution < 1.29 is 31.8 Å². The number of hydrogen-bond donors (Lipinski definition) is 3. The Morgan fingerprint density at radius 1 is 1.15 bits per heavy atom. The molecule has 1 fully saturated rings. The maximum atomic E-state index is 14.1. The summed E-state index contributed by atoms with van der Waals surface area (Å²) in [6.45, 7) is 4.10. The van der Waals surface area contributed by atoms with Crippen LogP contribution in [0.15, 0.2) is 48.5 Å². The maximum Gasteiger partial charge on any atom is 0.320 e. The van der Waals surface area contributed by atoms with Crippen LogP contribution in [0, 0.1) is 18.6 Å². The van der Waals surface area contributed by atoms with Crippen molar-refractivity contribution in [3.05, 3.63) is 71.3 Å². The molecule has 0 saturated carbocycles. The average molecular weight is 578 g/mol. The highest BCUT2D eigenvalue weighted by atomic mass is 32.2. The second-order valence-corrected chi connectivity index (χ2v) is 10.5. The van der Waals surface area contributed by atoms with Gasteiger partial charge in [0.2, 0.25) is 5.88 Å². The van der Waals surface area contributed by atoms with Crippen LogP contribution in [-0.2, 0) is 15.8 Å². The Morgan fingerprint density at radius 3 is 2.62 bits per heavy atom. The summed E-state index contributed by atoms with van der Waals surface area (Å²) < 4.78 is 60.1. The van der Waals surface area contributed by atoms with Crippen LogP contribution >= 0.6 is 0 Å². The fourth-order valence-corrected chi connectivity index (χ4v) is 5.06. The van der Waals surface area contributed by atoms with Gasteiger partial charge in [-0.25, -0.2) is 22.5 Å². The summed E-state index contributed by atoms with van der Waals surface area (Å²) in [6, 6.07) is 12.1. The third-order valence-electron chi connectivity index (χ3n) is 6.71. The van der Waals surface area contributed by atoms with Crippen LogP contribution in [-0.4, -0.2) is 81.2 Å². The lowest BCUT2D eigenvalue weighted by Gasteiger charge is -2.21. The normalized spacial score (nSPS) is 18.0. The number of carbonyl (C=O) groups is 1. The van der Waals surface area contributed by atoms with Gasteiger partial charge < -0.3 is 19.3 Å². The first-order valence-electron chi connectivity index (χ1n) is 12.9. The number of hydrogen-bond acceptors (Lipinski definition) is 6. The Balaban J connectivity index is 1.54. The highest BCUT2D eigenvalue weighted by molar-refractivity contribution is 7.79. The molecule has 40 heavy (non-hydrogen) atoms. The van der Waals surface area contributed by atoms with E-state index in [1.165, 1.54) is 6.07 Å². The Labute approximate surface area is 233 Å². The Hall–Kier alpha value is -3.39. The van der Waals surface area contributed by atoms with Crippen molar-refractivity contribution in [1.82, 2.24) is 20.0 Å². The average Bonchev–Trinajstić information content (AvgIpc) is 3.47. The van der Waals surface area contributed by atoms with E-state index in [9.17, 15) is 17.8 Å². The molecular weight excluding hydrogens is 544 g/mol. The molecule has 3 aromatic rings. The quantitative estimate of drug-likeness (QED) is 0.222. The molecule has 1 aromatic heterocycles. The zero-order valence-corrected chi connectivity index (χ0v) is 23.1. The van der Waals surface area contributed by atoms with Crippen LogP contribution in [0.5, 0.6) is 5.88 Å². The van der Waals surface area contributed by atoms with Crippen LogP contribution in [0.25, 0.3) is 5.69 Å². The molecule has 1 saturated heterocycles. The van der Waals surface area contributed by atoms with Gasteiger partial charge in [-0.05, 0) is 43.2 Å². The van der Waals surface area contributed by atoms with Gasteiger partial charge in [0.25, 0.3) is 0 Å². The lowest BCUT2D eigenvalue weighted by Crippen LogP contribution is -2.42. The number of para-hydroxylation sites is 1. The number of amides is 2. The largest absolute Gasteiger partial charge is 0.476 e. The molecule has 2 heterocycles. The van der Waals surface area contributed by atoms with Crippen molar-refractivity contribution in [2.75, 3.05) is 51.0 Å². The second-order valence-electron chi connectivity index (χ2n) is 9.49. The van der Waals surface area contributed by atoms with Crippen molar-refractivity contribution in [1.29, 1.82) is 0 Å². The summed E-state index contributed by atoms with van der Waals surface area (Å²) in [6.07, 6.45) is 0.358. The molecule has 0 aliphatic carbocycles. The third-order valence-corrected chi connectivity index (χ3v) is 7.35. The number of likely N-dealkylation sites (tertiary alicyclic amines) is 1. The third kappa shape index (κ3) is 7.42. The van der Waals surface area contributed by atoms with Crippen molar-refractivity contribution in [2.45, 2.75) is 25.3 Å². The Bertz CT molecular complexity index is 1330. The molecule has 1 unspecified atom stereocenters. The van der Waals surface area contributed by atoms with Crippen molar-refractivity contribution in [3.8, 4) is 11.6 Å². The molecule has 3 atom stereocenters. The molecule has 2 amide bonds. The van der Waals surface area contributed by atoms with E-state index in [0.29, 0.717) is 55.3 Å².